The molecule has 2 aromatic heterocycles. The van der Waals surface area contributed by atoms with Crippen LogP contribution in [-0.4, -0.2) is 15.0 Å². The number of aromatic nitrogens is 3. The molecule has 0 aliphatic carbocycles. The number of hydrogen-bond donors (Lipinski definition) is 0. The second-order valence-corrected chi connectivity index (χ2v) is 13.7. The molecule has 2 heterocycles. The number of benzene rings is 8. The third-order valence-corrected chi connectivity index (χ3v) is 10.1. The molecule has 0 amide bonds. The zero-order valence-electron chi connectivity index (χ0n) is 30.3. The molecule has 5 nitrogen and oxygen atoms in total. The van der Waals surface area contributed by atoms with E-state index in [-0.39, 0.29) is 0 Å². The van der Waals surface area contributed by atoms with Crippen molar-refractivity contribution >= 4 is 39.0 Å². The molecule has 0 bridgehead atoms. The lowest BCUT2D eigenvalue weighted by Gasteiger charge is -2.25. The first-order chi connectivity index (χ1) is 27.7. The number of anilines is 3. The Kier molecular flexibility index (Phi) is 8.43. The summed E-state index contributed by atoms with van der Waals surface area (Å²) in [5.74, 6) is 1.91. The van der Waals surface area contributed by atoms with Crippen LogP contribution in [0.1, 0.15) is 0 Å². The number of rotatable bonds is 8. The topological polar surface area (TPSA) is 55.1 Å². The van der Waals surface area contributed by atoms with Crippen molar-refractivity contribution in [2.24, 2.45) is 0 Å². The van der Waals surface area contributed by atoms with Gasteiger partial charge in [0.2, 0.25) is 0 Å². The van der Waals surface area contributed by atoms with Gasteiger partial charge in [0, 0.05) is 44.5 Å². The van der Waals surface area contributed by atoms with Crippen LogP contribution < -0.4 is 4.90 Å². The average molecular weight is 719 g/mol. The fourth-order valence-electron chi connectivity index (χ4n) is 7.41. The van der Waals surface area contributed by atoms with Gasteiger partial charge in [-0.2, -0.15) is 0 Å². The Morgan fingerprint density at radius 3 is 1.36 bits per heavy atom. The maximum Gasteiger partial charge on any atom is 0.164 e. The molecule has 0 saturated heterocycles. The fraction of sp³-hybridized carbons (Fsp3) is 0. The van der Waals surface area contributed by atoms with Gasteiger partial charge in [-0.05, 0) is 76.9 Å². The molecule has 0 unspecified atom stereocenters. The van der Waals surface area contributed by atoms with Crippen LogP contribution in [-0.2, 0) is 0 Å². The molecule has 264 valence electrons. The molecule has 10 rings (SSSR count). The van der Waals surface area contributed by atoms with Crippen molar-refractivity contribution in [2.45, 2.75) is 0 Å². The third kappa shape index (κ3) is 6.27. The zero-order valence-corrected chi connectivity index (χ0v) is 30.3. The van der Waals surface area contributed by atoms with E-state index in [1.54, 1.807) is 0 Å². The quantitative estimate of drug-likeness (QED) is 0.157. The molecule has 0 saturated carbocycles. The van der Waals surface area contributed by atoms with Crippen molar-refractivity contribution in [2.75, 3.05) is 4.90 Å². The van der Waals surface area contributed by atoms with Crippen molar-refractivity contribution in [3.63, 3.8) is 0 Å². The van der Waals surface area contributed by atoms with E-state index >= 15 is 0 Å². The molecule has 0 fully saturated rings. The Labute approximate surface area is 324 Å². The van der Waals surface area contributed by atoms with E-state index in [0.717, 1.165) is 77.9 Å². The summed E-state index contributed by atoms with van der Waals surface area (Å²) >= 11 is 0. The van der Waals surface area contributed by atoms with Gasteiger partial charge in [-0.15, -0.1) is 0 Å². The largest absolute Gasteiger partial charge is 0.456 e. The highest BCUT2D eigenvalue weighted by atomic mass is 16.3. The lowest BCUT2D eigenvalue weighted by atomic mass is 9.97. The molecule has 0 aliphatic rings. The van der Waals surface area contributed by atoms with E-state index in [0.29, 0.717) is 17.5 Å². The van der Waals surface area contributed by atoms with Crippen molar-refractivity contribution < 1.29 is 4.42 Å². The molecular weight excluding hydrogens is 685 g/mol. The maximum atomic E-state index is 6.56. The van der Waals surface area contributed by atoms with E-state index in [1.807, 2.05) is 78.9 Å². The summed E-state index contributed by atoms with van der Waals surface area (Å²) in [6, 6.07) is 71.0. The molecule has 0 aliphatic heterocycles. The first-order valence-electron chi connectivity index (χ1n) is 18.7. The first kappa shape index (κ1) is 33.0. The summed E-state index contributed by atoms with van der Waals surface area (Å²) < 4.78 is 6.56. The van der Waals surface area contributed by atoms with Gasteiger partial charge in [-0.1, -0.05) is 152 Å². The summed E-state index contributed by atoms with van der Waals surface area (Å²) in [4.78, 5) is 17.0. The van der Waals surface area contributed by atoms with Crippen LogP contribution in [0.3, 0.4) is 0 Å². The van der Waals surface area contributed by atoms with Gasteiger partial charge >= 0.3 is 0 Å². The predicted molar refractivity (Wildman–Crippen MR) is 229 cm³/mol. The van der Waals surface area contributed by atoms with Crippen LogP contribution in [0.15, 0.2) is 211 Å². The van der Waals surface area contributed by atoms with Crippen molar-refractivity contribution in [3.8, 4) is 56.4 Å². The van der Waals surface area contributed by atoms with Gasteiger partial charge in [-0.25, -0.2) is 15.0 Å². The minimum absolute atomic E-state index is 0.628. The van der Waals surface area contributed by atoms with Gasteiger partial charge in [0.25, 0.3) is 0 Å². The van der Waals surface area contributed by atoms with Crippen LogP contribution in [0.25, 0.3) is 78.4 Å². The summed E-state index contributed by atoms with van der Waals surface area (Å²) in [7, 11) is 0. The van der Waals surface area contributed by atoms with E-state index in [2.05, 4.69) is 132 Å². The van der Waals surface area contributed by atoms with E-state index in [4.69, 9.17) is 19.4 Å². The van der Waals surface area contributed by atoms with E-state index in [1.165, 1.54) is 0 Å². The van der Waals surface area contributed by atoms with Crippen LogP contribution >= 0.6 is 0 Å². The summed E-state index contributed by atoms with van der Waals surface area (Å²) in [5.41, 5.74) is 12.2. The van der Waals surface area contributed by atoms with Crippen molar-refractivity contribution in [1.29, 1.82) is 0 Å². The molecule has 8 aromatic carbocycles. The summed E-state index contributed by atoms with van der Waals surface area (Å²) in [6.45, 7) is 0. The third-order valence-electron chi connectivity index (χ3n) is 10.1. The Morgan fingerprint density at radius 2 is 0.768 bits per heavy atom. The standard InChI is InChI=1S/C51H34N4O/c1-5-15-36(16-6-1)49-52-50(37-17-7-2-8-18-37)54-51(53-49)38-29-27-35(28-30-38)44-25-14-26-46-48(44)45-32-31-40(34-47(45)56-46)39-19-13-24-43(33-39)55(41-20-9-3-10-21-41)42-22-11-4-12-23-42/h1-34H. The second kappa shape index (κ2) is 14.3. The molecule has 0 radical (unpaired) electrons. The molecule has 56 heavy (non-hydrogen) atoms. The number of hydrogen-bond acceptors (Lipinski definition) is 5. The maximum absolute atomic E-state index is 6.56. The molecule has 5 heteroatoms. The van der Waals surface area contributed by atoms with Gasteiger partial charge in [0.05, 0.1) is 0 Å². The monoisotopic (exact) mass is 718 g/mol. The van der Waals surface area contributed by atoms with Crippen LogP contribution in [0, 0.1) is 0 Å². The van der Waals surface area contributed by atoms with E-state index < -0.39 is 0 Å². The van der Waals surface area contributed by atoms with Crippen LogP contribution in [0.2, 0.25) is 0 Å². The summed E-state index contributed by atoms with van der Waals surface area (Å²) in [6.07, 6.45) is 0. The first-order valence-corrected chi connectivity index (χ1v) is 18.7. The van der Waals surface area contributed by atoms with Gasteiger partial charge in [0.1, 0.15) is 11.2 Å². The lowest BCUT2D eigenvalue weighted by molar-refractivity contribution is 0.669. The molecule has 10 aromatic rings. The Balaban J connectivity index is 1.00. The normalized spacial score (nSPS) is 11.2. The molecular formula is C51H34N4O. The van der Waals surface area contributed by atoms with Crippen molar-refractivity contribution in [3.05, 3.63) is 206 Å². The highest BCUT2D eigenvalue weighted by Gasteiger charge is 2.17. The average Bonchev–Trinajstić information content (AvgIpc) is 3.66. The number of fused-ring (bicyclic) bond motifs is 3. The fourth-order valence-corrected chi connectivity index (χ4v) is 7.41. The zero-order chi connectivity index (χ0) is 37.3. The van der Waals surface area contributed by atoms with Gasteiger partial charge < -0.3 is 9.32 Å². The molecule has 0 atom stereocenters. The summed E-state index contributed by atoms with van der Waals surface area (Å²) in [5, 5.41) is 2.17. The van der Waals surface area contributed by atoms with Crippen LogP contribution in [0.5, 0.6) is 0 Å². The lowest BCUT2D eigenvalue weighted by Crippen LogP contribution is -2.09. The molecule has 0 N–H and O–H groups in total. The number of nitrogens with zero attached hydrogens (tertiary/aromatic N) is 4. The smallest absolute Gasteiger partial charge is 0.164 e. The Morgan fingerprint density at radius 1 is 0.321 bits per heavy atom. The van der Waals surface area contributed by atoms with Crippen LogP contribution in [0.4, 0.5) is 17.1 Å². The number of furan rings is 1. The second-order valence-electron chi connectivity index (χ2n) is 13.7. The predicted octanol–water partition coefficient (Wildman–Crippen LogP) is 13.6. The van der Waals surface area contributed by atoms with Gasteiger partial charge in [0.15, 0.2) is 17.5 Å². The molecule has 0 spiro atoms. The Hall–Kier alpha value is -7.63. The van der Waals surface area contributed by atoms with Crippen molar-refractivity contribution in [1.82, 2.24) is 15.0 Å². The highest BCUT2D eigenvalue weighted by molar-refractivity contribution is 6.13. The highest BCUT2D eigenvalue weighted by Crippen LogP contribution is 2.40. The minimum Gasteiger partial charge on any atom is -0.456 e. The minimum atomic E-state index is 0.628. The Bertz CT molecular complexity index is 2850. The number of para-hydroxylation sites is 2. The SMILES string of the molecule is c1ccc(-c2nc(-c3ccccc3)nc(-c3ccc(-c4cccc5oc6cc(-c7cccc(N(c8ccccc8)c8ccccc8)c7)ccc6c45)cc3)n2)cc1. The van der Waals surface area contributed by atoms with E-state index in [9.17, 15) is 0 Å². The van der Waals surface area contributed by atoms with Gasteiger partial charge in [-0.3, -0.25) is 0 Å².